The van der Waals surface area contributed by atoms with Gasteiger partial charge in [-0.15, -0.1) is 0 Å². The lowest BCUT2D eigenvalue weighted by Gasteiger charge is -2.28. The molecule has 1 amide bonds. The average Bonchev–Trinajstić information content (AvgIpc) is 2.64. The van der Waals surface area contributed by atoms with Crippen LogP contribution in [0.2, 0.25) is 0 Å². The summed E-state index contributed by atoms with van der Waals surface area (Å²) in [7, 11) is -3.76. The van der Waals surface area contributed by atoms with E-state index in [9.17, 15) is 17.6 Å². The Hall–Kier alpha value is -2.41. The van der Waals surface area contributed by atoms with Crippen LogP contribution in [0.4, 0.5) is 10.1 Å². The number of rotatable bonds is 9. The molecule has 1 atom stereocenters. The van der Waals surface area contributed by atoms with Crippen LogP contribution in [-0.4, -0.2) is 33.2 Å². The summed E-state index contributed by atoms with van der Waals surface area (Å²) in [5, 5.41) is 2.78. The normalized spacial score (nSPS) is 12.6. The van der Waals surface area contributed by atoms with Crippen molar-refractivity contribution < 1.29 is 17.6 Å². The summed E-state index contributed by atoms with van der Waals surface area (Å²) in [4.78, 5) is 12.5. The topological polar surface area (TPSA) is 66.5 Å². The number of hydrogen-bond acceptors (Lipinski definition) is 3. The maximum Gasteiger partial charge on any atom is 0.243 e. The van der Waals surface area contributed by atoms with Crippen molar-refractivity contribution in [1.29, 1.82) is 0 Å². The average molecular weight is 421 g/mol. The maximum atomic E-state index is 13.5. The van der Waals surface area contributed by atoms with Crippen molar-refractivity contribution in [3.63, 3.8) is 0 Å². The standard InChI is InChI=1S/C22H29FN2O3S/c1-16(2)19-12-10-18(11-13-19)7-6-14-24-22(26)17(3)25(29(4,27)28)21-9-5-8-20(23)15-21/h5,8-13,15-17H,6-7,14H2,1-4H3,(H,24,26)/t17-/m1/s1. The van der Waals surface area contributed by atoms with Crippen molar-refractivity contribution in [2.45, 2.75) is 45.6 Å². The van der Waals surface area contributed by atoms with Crippen molar-refractivity contribution in [1.82, 2.24) is 5.32 Å². The van der Waals surface area contributed by atoms with Gasteiger partial charge in [-0.1, -0.05) is 44.2 Å². The van der Waals surface area contributed by atoms with E-state index in [0.29, 0.717) is 12.5 Å². The zero-order chi connectivity index (χ0) is 21.6. The summed E-state index contributed by atoms with van der Waals surface area (Å²) < 4.78 is 38.9. The highest BCUT2D eigenvalue weighted by Crippen LogP contribution is 2.21. The van der Waals surface area contributed by atoms with Crippen LogP contribution in [0.3, 0.4) is 0 Å². The van der Waals surface area contributed by atoms with Crippen LogP contribution >= 0.6 is 0 Å². The predicted octanol–water partition coefficient (Wildman–Crippen LogP) is 3.85. The number of amides is 1. The van der Waals surface area contributed by atoms with Gasteiger partial charge in [0.2, 0.25) is 15.9 Å². The van der Waals surface area contributed by atoms with Gasteiger partial charge >= 0.3 is 0 Å². The number of sulfonamides is 1. The Morgan fingerprint density at radius 3 is 2.31 bits per heavy atom. The minimum absolute atomic E-state index is 0.125. The van der Waals surface area contributed by atoms with Crippen LogP contribution in [0.15, 0.2) is 48.5 Å². The molecule has 0 fully saturated rings. The second-order valence-corrected chi connectivity index (χ2v) is 9.36. The Kier molecular flexibility index (Phi) is 7.79. The first-order chi connectivity index (χ1) is 13.6. The van der Waals surface area contributed by atoms with Crippen molar-refractivity contribution in [2.75, 3.05) is 17.1 Å². The largest absolute Gasteiger partial charge is 0.354 e. The molecule has 2 aromatic carbocycles. The molecule has 2 rings (SSSR count). The Labute approximate surface area is 173 Å². The number of nitrogens with one attached hydrogen (secondary N) is 1. The second kappa shape index (κ2) is 9.87. The van der Waals surface area contributed by atoms with Crippen LogP contribution < -0.4 is 9.62 Å². The van der Waals surface area contributed by atoms with Gasteiger partial charge in [-0.25, -0.2) is 12.8 Å². The van der Waals surface area contributed by atoms with Crippen molar-refractivity contribution >= 4 is 21.6 Å². The van der Waals surface area contributed by atoms with E-state index in [-0.39, 0.29) is 5.69 Å². The van der Waals surface area contributed by atoms with Gasteiger partial charge in [-0.05, 0) is 55.0 Å². The van der Waals surface area contributed by atoms with E-state index in [0.717, 1.165) is 29.5 Å². The van der Waals surface area contributed by atoms with Crippen molar-refractivity contribution in [3.8, 4) is 0 Å². The summed E-state index contributed by atoms with van der Waals surface area (Å²) in [6.45, 7) is 6.21. The number of carbonyl (C=O) groups is 1. The van der Waals surface area contributed by atoms with Crippen LogP contribution in [0, 0.1) is 5.82 Å². The number of aryl methyl sites for hydroxylation is 1. The molecule has 0 radical (unpaired) electrons. The lowest BCUT2D eigenvalue weighted by Crippen LogP contribution is -2.48. The molecule has 0 unspecified atom stereocenters. The molecule has 2 aromatic rings. The highest BCUT2D eigenvalue weighted by Gasteiger charge is 2.29. The third kappa shape index (κ3) is 6.56. The van der Waals surface area contributed by atoms with Gasteiger partial charge in [0.05, 0.1) is 11.9 Å². The fourth-order valence-electron chi connectivity index (χ4n) is 3.14. The Morgan fingerprint density at radius 1 is 1.10 bits per heavy atom. The monoisotopic (exact) mass is 420 g/mol. The predicted molar refractivity (Wildman–Crippen MR) is 115 cm³/mol. The first kappa shape index (κ1) is 22.9. The number of nitrogens with zero attached hydrogens (tertiary/aromatic N) is 1. The van der Waals surface area contributed by atoms with E-state index in [1.807, 2.05) is 0 Å². The van der Waals surface area contributed by atoms with E-state index < -0.39 is 27.8 Å². The molecule has 7 heteroatoms. The highest BCUT2D eigenvalue weighted by molar-refractivity contribution is 7.92. The molecule has 29 heavy (non-hydrogen) atoms. The molecule has 158 valence electrons. The molecule has 0 heterocycles. The summed E-state index contributed by atoms with van der Waals surface area (Å²) >= 11 is 0. The summed E-state index contributed by atoms with van der Waals surface area (Å²) in [5.41, 5.74) is 2.60. The van der Waals surface area contributed by atoms with Crippen LogP contribution in [0.1, 0.15) is 44.2 Å². The quantitative estimate of drug-likeness (QED) is 0.627. The fraction of sp³-hybridized carbons (Fsp3) is 0.409. The molecular formula is C22H29FN2O3S. The fourth-order valence-corrected chi connectivity index (χ4v) is 4.31. The molecule has 0 aliphatic carbocycles. The minimum atomic E-state index is -3.76. The highest BCUT2D eigenvalue weighted by atomic mass is 32.2. The van der Waals surface area contributed by atoms with Crippen molar-refractivity contribution in [2.24, 2.45) is 0 Å². The van der Waals surface area contributed by atoms with Crippen LogP contribution in [-0.2, 0) is 21.2 Å². The van der Waals surface area contributed by atoms with Gasteiger partial charge in [0.25, 0.3) is 0 Å². The first-order valence-electron chi connectivity index (χ1n) is 9.71. The molecule has 0 saturated heterocycles. The lowest BCUT2D eigenvalue weighted by atomic mass is 10.0. The van der Waals surface area contributed by atoms with Gasteiger partial charge < -0.3 is 5.32 Å². The molecule has 5 nitrogen and oxygen atoms in total. The van der Waals surface area contributed by atoms with Gasteiger partial charge in [-0.3, -0.25) is 9.10 Å². The van der Waals surface area contributed by atoms with Crippen LogP contribution in [0.25, 0.3) is 0 Å². The van der Waals surface area contributed by atoms with Gasteiger partial charge in [0.1, 0.15) is 11.9 Å². The van der Waals surface area contributed by atoms with E-state index in [4.69, 9.17) is 0 Å². The lowest BCUT2D eigenvalue weighted by molar-refractivity contribution is -0.121. The number of benzene rings is 2. The summed E-state index contributed by atoms with van der Waals surface area (Å²) in [6, 6.07) is 12.6. The molecule has 1 N–H and O–H groups in total. The summed E-state index contributed by atoms with van der Waals surface area (Å²) in [6.07, 6.45) is 2.55. The number of carbonyl (C=O) groups excluding carboxylic acids is 1. The Bertz CT molecular complexity index is 927. The molecule has 0 spiro atoms. The number of hydrogen-bond donors (Lipinski definition) is 1. The molecule has 0 aromatic heterocycles. The molecule has 0 saturated carbocycles. The first-order valence-corrected chi connectivity index (χ1v) is 11.6. The van der Waals surface area contributed by atoms with Gasteiger partial charge in [-0.2, -0.15) is 0 Å². The van der Waals surface area contributed by atoms with E-state index in [1.165, 1.54) is 36.2 Å². The SMILES string of the molecule is CC(C)c1ccc(CCCNC(=O)[C@@H](C)N(c2cccc(F)c2)S(C)(=O)=O)cc1. The third-order valence-corrected chi connectivity index (χ3v) is 5.98. The summed E-state index contributed by atoms with van der Waals surface area (Å²) in [5.74, 6) is -0.497. The van der Waals surface area contributed by atoms with E-state index in [1.54, 1.807) is 0 Å². The zero-order valence-corrected chi connectivity index (χ0v) is 18.2. The maximum absolute atomic E-state index is 13.5. The van der Waals surface area contributed by atoms with E-state index >= 15 is 0 Å². The third-order valence-electron chi connectivity index (χ3n) is 4.74. The molecule has 0 aliphatic heterocycles. The number of halogens is 1. The molecular weight excluding hydrogens is 391 g/mol. The minimum Gasteiger partial charge on any atom is -0.354 e. The van der Waals surface area contributed by atoms with E-state index in [2.05, 4.69) is 43.4 Å². The molecule has 0 aliphatic rings. The van der Waals surface area contributed by atoms with Crippen molar-refractivity contribution in [3.05, 3.63) is 65.5 Å². The van der Waals surface area contributed by atoms with Gasteiger partial charge in [0, 0.05) is 6.54 Å². The van der Waals surface area contributed by atoms with Gasteiger partial charge in [0.15, 0.2) is 0 Å². The van der Waals surface area contributed by atoms with Crippen LogP contribution in [0.5, 0.6) is 0 Å². The zero-order valence-electron chi connectivity index (χ0n) is 17.4. The smallest absolute Gasteiger partial charge is 0.243 e. The number of anilines is 1. The molecule has 0 bridgehead atoms. The second-order valence-electron chi connectivity index (χ2n) is 7.51. The Balaban J connectivity index is 1.94. The Morgan fingerprint density at radius 2 is 1.76 bits per heavy atom.